The second-order valence-electron chi connectivity index (χ2n) is 49.8. The first-order valence-electron chi connectivity index (χ1n) is 55.0. The summed E-state index contributed by atoms with van der Waals surface area (Å²) in [7, 11) is 3.84. The van der Waals surface area contributed by atoms with Crippen molar-refractivity contribution in [2.75, 3.05) is 21.3 Å². The van der Waals surface area contributed by atoms with E-state index in [0.717, 1.165) is 168 Å². The molecule has 28 nitrogen and oxygen atoms in total. The van der Waals surface area contributed by atoms with Crippen LogP contribution in [-0.2, 0) is 106 Å². The Balaban J connectivity index is 0.000000647. The number of halogens is 1. The molecular formula is C115H185BBrNa3O28Zn-. The Morgan fingerprint density at radius 3 is 1.13 bits per heavy atom. The van der Waals surface area contributed by atoms with Crippen LogP contribution in [0.1, 0.15) is 365 Å². The minimum atomic E-state index is -1.08. The van der Waals surface area contributed by atoms with Gasteiger partial charge in [0.1, 0.15) is 41.1 Å². The molecule has 0 aliphatic heterocycles. The number of carboxylic acids is 3. The number of fused-ring (bicyclic) bond motifs is 20. The van der Waals surface area contributed by atoms with Gasteiger partial charge in [0.05, 0.1) is 43.5 Å². The van der Waals surface area contributed by atoms with Crippen molar-refractivity contribution in [3.63, 3.8) is 0 Å². The van der Waals surface area contributed by atoms with E-state index in [-0.39, 0.29) is 403 Å². The SMILES string of the molecule is CC(=O)[O-].CC[C@H]1C(=O)C2C3CC[C@H]([C@H](C)CCC(=O)O)[C@@]3(C)CC(=O)C2[C@@]2(C)CC[C@@H](O)C[C@@H]12.CC[C@H]1C(=O)C2C3CC[C@H]([C@H](C)CCC(=O)OC)[C@@]3(C)C(Br)C(=O)C2[C@@]2(C)CC[C@@H](OC(C)=O)C[C@@H]12.CC[C@H]1C(=O)C2C3CC[C@H]([C@H](C)CCC(=O)OC)[C@@]3(C)CC(=O)C2[C@@]2(C)CC[C@@H](OC(C)=O)C[C@@H]12.CC[C@H]1[C@@H](O)C2C3CC[C@H]([C@H](C)CCC(=O)O)[C@@]3(C)C[C@H](O)C2[C@@]2(C)CC[C@@H](O)C[C@@H]12.CO.C[C-]=O.O.[B].[H-].[Na+].[Na+].[Na+].[OH-].[Zn]. The van der Waals surface area contributed by atoms with Gasteiger partial charge in [-0.05, 0) is 342 Å². The molecule has 34 heteroatoms. The number of ether oxygens (including phenoxy) is 4. The standard InChI is InChI=1S/C29H43BrO6.C29H44O6.C26H44O5.C26H40O5.C2H4O2.C2H3O.CH4O.B.3Na.2H2O.Zn.H/c1-7-18-21-14-17(36-16(3)31)12-13-28(21,4)24-23(25(18)33)20-10-9-19(15(2)8-11-22(32)35-6)29(20,5)27(30)26(24)34;1-7-19-22-14-18(35-17(3)30)12-13-28(22,4)26-23(31)15-29(5)20(16(2)8-11-24(32)34-6)9-10-21(29)25(26)27(19)33;2*1-5-16-19-12-15(27)10-11-25(19,3)23-20(28)13-26(4)17(14(2)6-9-21(29)30)7-8-18(26)22(23)24(16)31;1-2(3)4;1-2-3;1-2;;;;;;;;/h15,17-21,23-24,27H,7-14H2,1-6H3;16,18-22,25-26H,7-15H2,1-6H3;14-20,22-24,27-28,31H,5-13H2,1-4H3,(H,29,30);14-19,22-23,27H,5-13H2,1-4H3,(H,29,30);1H3,(H,3,4);1H3;2H,1H3;;;;;2*1H2;;/q;;;;;-1;;;3*+1;;;;-1/p-2/t15-,17-,18-,19-,20?,21+,23?,24?,27?,28+,29-;16-,18-,19-,20-,21?,22+,25?,26?,28+,29-;14-,15-,16-,17-,18?,19+,20+,22?,23?,24-,25+,26-;14-,15-,16-,17-,18?,19+,22?,23?,25+,26-;;;;;;;;;;;/m1111.........../s1. The quantitative estimate of drug-likeness (QED) is 0.0181. The number of Topliss-reactive ketones (excluding diaryl/α,β-unsaturated/α-hetero) is 6. The number of aliphatic hydroxyl groups excluding tert-OH is 5. The van der Waals surface area contributed by atoms with Crippen LogP contribution in [0.5, 0.6) is 0 Å². The van der Waals surface area contributed by atoms with Crippen molar-refractivity contribution < 1.29 is 247 Å². The number of rotatable bonds is 22. The molecule has 0 saturated heterocycles. The molecule has 0 spiro atoms. The van der Waals surface area contributed by atoms with Gasteiger partial charge in [0.2, 0.25) is 0 Å². The Labute approximate surface area is 980 Å². The van der Waals surface area contributed by atoms with Gasteiger partial charge < -0.3 is 81.8 Å². The smallest absolute Gasteiger partial charge is 1.00 e. The molecule has 3 radical (unpaired) electrons. The van der Waals surface area contributed by atoms with Gasteiger partial charge in [0.25, 0.3) is 0 Å². The van der Waals surface area contributed by atoms with Crippen LogP contribution in [0.2, 0.25) is 0 Å². The van der Waals surface area contributed by atoms with E-state index in [9.17, 15) is 78.0 Å². The number of carboxylic acid groups (broad SMARTS) is 3. The summed E-state index contributed by atoms with van der Waals surface area (Å²) in [5.41, 5.74) is -1.48. The van der Waals surface area contributed by atoms with Gasteiger partial charge in [-0.25, -0.2) is 0 Å². The molecule has 10 N–H and O–H groups in total. The third-order valence-electron chi connectivity index (χ3n) is 43.3. The van der Waals surface area contributed by atoms with E-state index in [2.05, 4.69) is 127 Å². The van der Waals surface area contributed by atoms with E-state index in [1.54, 1.807) is 0 Å². The van der Waals surface area contributed by atoms with Crippen LogP contribution in [0, 0.1) is 209 Å². The summed E-state index contributed by atoms with van der Waals surface area (Å²) in [5, 5.41) is 78.3. The zero-order valence-electron chi connectivity index (χ0n) is 96.5. The van der Waals surface area contributed by atoms with Crippen molar-refractivity contribution in [2.24, 2.45) is 209 Å². The molecule has 43 atom stereocenters. The molecule has 0 heterocycles. The number of methoxy groups -OCH3 is 2. The predicted molar refractivity (Wildman–Crippen MR) is 549 cm³/mol. The number of alkyl halides is 1. The van der Waals surface area contributed by atoms with Crippen molar-refractivity contribution in [3.05, 3.63) is 0 Å². The molecule has 0 amide bonds. The number of carbonyl (C=O) groups excluding carboxylic acids is 12. The van der Waals surface area contributed by atoms with E-state index in [1.165, 1.54) is 41.3 Å². The maximum atomic E-state index is 14.3. The summed E-state index contributed by atoms with van der Waals surface area (Å²) in [6.07, 6.45) is 25.8. The number of esters is 4. The third-order valence-corrected chi connectivity index (χ3v) is 44.7. The van der Waals surface area contributed by atoms with E-state index < -0.39 is 30.1 Å². The molecule has 16 aliphatic rings. The largest absolute Gasteiger partial charge is 1.00 e. The van der Waals surface area contributed by atoms with Crippen molar-refractivity contribution in [3.8, 4) is 0 Å². The Hall–Kier alpha value is -2.13. The summed E-state index contributed by atoms with van der Waals surface area (Å²) < 4.78 is 20.9. The Kier molecular flexibility index (Phi) is 54.8. The number of hydrogen-bond donors (Lipinski definition) is 7. The molecule has 16 saturated carbocycles. The average Bonchev–Trinajstić information content (AvgIpc) is 1.41. The zero-order chi connectivity index (χ0) is 106. The third kappa shape index (κ3) is 27.6. The first kappa shape index (κ1) is 141. The first-order chi connectivity index (χ1) is 66.6. The van der Waals surface area contributed by atoms with E-state index in [0.29, 0.717) is 93.3 Å². The van der Waals surface area contributed by atoms with Crippen LogP contribution in [0.15, 0.2) is 0 Å². The number of carbonyl (C=O) groups is 13. The van der Waals surface area contributed by atoms with Crippen LogP contribution in [0.25, 0.3) is 0 Å². The van der Waals surface area contributed by atoms with Gasteiger partial charge in [0, 0.05) is 147 Å². The summed E-state index contributed by atoms with van der Waals surface area (Å²) in [4.78, 5) is 171. The van der Waals surface area contributed by atoms with Crippen molar-refractivity contribution >= 4 is 107 Å². The average molecular weight is 2240 g/mol. The fourth-order valence-electron chi connectivity index (χ4n) is 37.3. The Morgan fingerprint density at radius 2 is 0.765 bits per heavy atom. The summed E-state index contributed by atoms with van der Waals surface area (Å²) in [6.45, 7) is 40.4. The van der Waals surface area contributed by atoms with Crippen molar-refractivity contribution in [2.45, 2.75) is 405 Å². The van der Waals surface area contributed by atoms with E-state index in [1.807, 2.05) is 0 Å². The molecule has 0 aromatic heterocycles. The molecule has 16 aliphatic carbocycles. The molecular weight excluding hydrogens is 2050 g/mol. The van der Waals surface area contributed by atoms with Crippen LogP contribution >= 0.6 is 15.9 Å². The van der Waals surface area contributed by atoms with Crippen molar-refractivity contribution in [1.82, 2.24) is 0 Å². The molecule has 16 rings (SSSR count). The summed E-state index contributed by atoms with van der Waals surface area (Å²) >= 11 is 3.90. The van der Waals surface area contributed by atoms with Crippen LogP contribution < -0.4 is 93.8 Å². The fourth-order valence-corrected chi connectivity index (χ4v) is 38.3. The summed E-state index contributed by atoms with van der Waals surface area (Å²) in [5.74, 6) is 0.724. The number of aliphatic carboxylic acids is 3. The molecule has 0 aromatic carbocycles. The number of ketones is 6. The van der Waals surface area contributed by atoms with E-state index in [4.69, 9.17) is 49.0 Å². The molecule has 13 unspecified atom stereocenters. The predicted octanol–water partition coefficient (Wildman–Crippen LogP) is 7.50. The second kappa shape index (κ2) is 57.9. The molecule has 149 heavy (non-hydrogen) atoms. The topological polar surface area (TPSA) is 502 Å². The van der Waals surface area contributed by atoms with Crippen LogP contribution in [0.3, 0.4) is 0 Å². The van der Waals surface area contributed by atoms with Gasteiger partial charge in [-0.15, -0.1) is 0 Å². The zero-order valence-corrected chi connectivity index (χ0v) is 106. The van der Waals surface area contributed by atoms with E-state index >= 15 is 0 Å². The first-order valence-corrected chi connectivity index (χ1v) is 55.9. The Morgan fingerprint density at radius 1 is 0.450 bits per heavy atom. The number of hydrogen-bond acceptors (Lipinski definition) is 25. The van der Waals surface area contributed by atoms with Gasteiger partial charge in [-0.1, -0.05) is 133 Å². The monoisotopic (exact) mass is 2240 g/mol. The minimum Gasteiger partial charge on any atom is -1.00 e. The maximum Gasteiger partial charge on any atom is 1.00 e. The normalized spacial score (nSPS) is 42.3. The molecule has 0 aromatic rings. The van der Waals surface area contributed by atoms with Gasteiger partial charge in [-0.2, -0.15) is 6.92 Å². The number of aliphatic hydroxyl groups is 5. The minimum absolute atomic E-state index is 0. The van der Waals surface area contributed by atoms with Crippen molar-refractivity contribution in [1.29, 1.82) is 0 Å². The van der Waals surface area contributed by atoms with Crippen LogP contribution in [0.4, 0.5) is 0 Å². The van der Waals surface area contributed by atoms with Crippen LogP contribution in [-0.4, -0.2) is 201 Å². The fraction of sp³-hybridized carbons (Fsp3) is 0.878. The molecule has 829 valence electrons. The Bertz CT molecular complexity index is 4520. The second-order valence-corrected chi connectivity index (χ2v) is 50.7. The van der Waals surface area contributed by atoms with Gasteiger partial charge in [-0.3, -0.25) is 63.8 Å². The summed E-state index contributed by atoms with van der Waals surface area (Å²) in [6, 6.07) is 0. The maximum absolute atomic E-state index is 14.3. The molecule has 0 bridgehead atoms. The van der Waals surface area contributed by atoms with Gasteiger partial charge >= 0.3 is 124 Å². The molecule has 16 fully saturated rings. The van der Waals surface area contributed by atoms with Gasteiger partial charge in [0.15, 0.2) is 5.78 Å².